The number of hydrogen-bond donors (Lipinski definition) is 0. The van der Waals surface area contributed by atoms with Crippen LogP contribution in [0.4, 0.5) is 0 Å². The molecule has 1 aromatic heterocycles. The fourth-order valence-corrected chi connectivity index (χ4v) is 3.64. The summed E-state index contributed by atoms with van der Waals surface area (Å²) in [6, 6.07) is 19.6. The van der Waals surface area contributed by atoms with Crippen molar-refractivity contribution in [3.05, 3.63) is 99.6 Å². The Morgan fingerprint density at radius 2 is 1.86 bits per heavy atom. The van der Waals surface area contributed by atoms with Crippen LogP contribution in [0.25, 0.3) is 10.9 Å². The minimum Gasteiger partial charge on any atom is -0.490 e. The lowest BCUT2D eigenvalue weighted by atomic mass is 10.1. The third-order valence-electron chi connectivity index (χ3n) is 5.34. The molecule has 1 heterocycles. The van der Waals surface area contributed by atoms with Gasteiger partial charge in [0.1, 0.15) is 5.82 Å². The zero-order valence-corrected chi connectivity index (χ0v) is 20.2. The minimum absolute atomic E-state index is 0.00754. The van der Waals surface area contributed by atoms with Crippen LogP contribution in [0.15, 0.2) is 76.6 Å². The van der Waals surface area contributed by atoms with Gasteiger partial charge in [-0.3, -0.25) is 4.79 Å². The van der Waals surface area contributed by atoms with Gasteiger partial charge in [0.25, 0.3) is 5.56 Å². The van der Waals surface area contributed by atoms with E-state index in [0.29, 0.717) is 46.0 Å². The zero-order chi connectivity index (χ0) is 24.9. The van der Waals surface area contributed by atoms with E-state index in [9.17, 15) is 9.59 Å². The number of aryl methyl sites for hydroxylation is 1. The predicted molar refractivity (Wildman–Crippen MR) is 137 cm³/mol. The highest BCUT2D eigenvalue weighted by Crippen LogP contribution is 2.29. The molecular weight excluding hydrogens is 442 g/mol. The van der Waals surface area contributed by atoms with E-state index in [1.54, 1.807) is 48.7 Å². The number of aromatic nitrogens is 2. The van der Waals surface area contributed by atoms with Gasteiger partial charge in [-0.2, -0.15) is 9.78 Å². The van der Waals surface area contributed by atoms with Crippen molar-refractivity contribution in [3.63, 3.8) is 0 Å². The summed E-state index contributed by atoms with van der Waals surface area (Å²) in [7, 11) is 0. The van der Waals surface area contributed by atoms with Crippen molar-refractivity contribution in [2.45, 2.75) is 33.6 Å². The van der Waals surface area contributed by atoms with Crippen LogP contribution in [0.2, 0.25) is 0 Å². The summed E-state index contributed by atoms with van der Waals surface area (Å²) in [5, 5.41) is 4.95. The van der Waals surface area contributed by atoms with Crippen molar-refractivity contribution in [1.29, 1.82) is 0 Å². The molecule has 0 amide bonds. The van der Waals surface area contributed by atoms with E-state index in [2.05, 4.69) is 10.1 Å². The number of nitrogens with zero attached hydrogens (tertiary/aromatic N) is 3. The summed E-state index contributed by atoms with van der Waals surface area (Å²) >= 11 is 0. The molecule has 0 spiro atoms. The van der Waals surface area contributed by atoms with E-state index in [-0.39, 0.29) is 11.5 Å². The monoisotopic (exact) mass is 469 g/mol. The van der Waals surface area contributed by atoms with Crippen molar-refractivity contribution >= 4 is 23.1 Å². The maximum Gasteiger partial charge on any atom is 0.343 e. The molecule has 0 unspecified atom stereocenters. The average Bonchev–Trinajstić information content (AvgIpc) is 2.84. The highest BCUT2D eigenvalue weighted by atomic mass is 16.6. The summed E-state index contributed by atoms with van der Waals surface area (Å²) in [5.41, 5.74) is 2.52. The molecule has 0 fully saturated rings. The van der Waals surface area contributed by atoms with Crippen LogP contribution in [-0.4, -0.2) is 28.5 Å². The van der Waals surface area contributed by atoms with Gasteiger partial charge in [0.2, 0.25) is 0 Å². The molecule has 4 aromatic rings. The number of carbonyl (C=O) groups is 1. The molecule has 4 rings (SSSR count). The van der Waals surface area contributed by atoms with Crippen LogP contribution in [0.1, 0.15) is 54.0 Å². The first-order valence-corrected chi connectivity index (χ1v) is 11.5. The number of esters is 1. The molecule has 0 aliphatic carbocycles. The molecule has 3 aromatic carbocycles. The molecule has 0 saturated heterocycles. The number of benzene rings is 3. The summed E-state index contributed by atoms with van der Waals surface area (Å²) in [4.78, 5) is 30.4. The average molecular weight is 470 g/mol. The third kappa shape index (κ3) is 5.30. The number of ether oxygens (including phenoxy) is 2. The number of hydrogen-bond acceptors (Lipinski definition) is 6. The summed E-state index contributed by atoms with van der Waals surface area (Å²) < 4.78 is 12.6. The Morgan fingerprint density at radius 1 is 1.06 bits per heavy atom. The highest BCUT2D eigenvalue weighted by molar-refractivity contribution is 5.92. The maximum atomic E-state index is 13.1. The van der Waals surface area contributed by atoms with Crippen molar-refractivity contribution in [2.75, 3.05) is 6.61 Å². The Balaban J connectivity index is 1.67. The molecule has 7 nitrogen and oxygen atoms in total. The van der Waals surface area contributed by atoms with Gasteiger partial charge >= 0.3 is 5.97 Å². The predicted octanol–water partition coefficient (Wildman–Crippen LogP) is 5.33. The maximum absolute atomic E-state index is 13.1. The topological polar surface area (TPSA) is 82.8 Å². The van der Waals surface area contributed by atoms with Gasteiger partial charge in [0.05, 0.1) is 29.3 Å². The lowest BCUT2D eigenvalue weighted by Crippen LogP contribution is -2.23. The van der Waals surface area contributed by atoms with Crippen molar-refractivity contribution in [3.8, 4) is 11.5 Å². The molecule has 178 valence electrons. The molecule has 0 aliphatic rings. The van der Waals surface area contributed by atoms with Crippen LogP contribution in [0, 0.1) is 6.92 Å². The first kappa shape index (κ1) is 23.9. The van der Waals surface area contributed by atoms with Gasteiger partial charge in [-0.25, -0.2) is 9.78 Å². The van der Waals surface area contributed by atoms with Crippen molar-refractivity contribution in [2.24, 2.45) is 5.10 Å². The van der Waals surface area contributed by atoms with E-state index < -0.39 is 5.97 Å². The van der Waals surface area contributed by atoms with Gasteiger partial charge in [-0.1, -0.05) is 43.7 Å². The van der Waals surface area contributed by atoms with Crippen LogP contribution in [0.5, 0.6) is 11.5 Å². The Bertz CT molecular complexity index is 1470. The van der Waals surface area contributed by atoms with Gasteiger partial charge in [-0.05, 0) is 61.9 Å². The van der Waals surface area contributed by atoms with E-state index in [1.165, 1.54) is 4.68 Å². The molecule has 35 heavy (non-hydrogen) atoms. The Hall–Kier alpha value is -4.26. The number of para-hydroxylation sites is 1. The van der Waals surface area contributed by atoms with E-state index in [4.69, 9.17) is 9.47 Å². The van der Waals surface area contributed by atoms with Crippen LogP contribution in [-0.2, 0) is 0 Å². The largest absolute Gasteiger partial charge is 0.490 e. The minimum atomic E-state index is -0.466. The molecule has 0 bridgehead atoms. The Kier molecular flexibility index (Phi) is 7.06. The van der Waals surface area contributed by atoms with E-state index in [0.717, 1.165) is 5.56 Å². The number of fused-ring (bicyclic) bond motifs is 1. The first-order chi connectivity index (χ1) is 16.9. The van der Waals surface area contributed by atoms with Crippen molar-refractivity contribution < 1.29 is 14.3 Å². The van der Waals surface area contributed by atoms with Crippen LogP contribution in [0.3, 0.4) is 0 Å². The van der Waals surface area contributed by atoms with Gasteiger partial charge in [-0.15, -0.1) is 0 Å². The zero-order valence-electron chi connectivity index (χ0n) is 20.2. The number of rotatable bonds is 7. The first-order valence-electron chi connectivity index (χ1n) is 11.5. The third-order valence-corrected chi connectivity index (χ3v) is 5.34. The van der Waals surface area contributed by atoms with Crippen LogP contribution >= 0.6 is 0 Å². The molecule has 0 aliphatic heterocycles. The molecule has 0 radical (unpaired) electrons. The second-order valence-corrected chi connectivity index (χ2v) is 8.40. The lowest BCUT2D eigenvalue weighted by Gasteiger charge is -2.13. The molecule has 7 heteroatoms. The highest BCUT2D eigenvalue weighted by Gasteiger charge is 2.15. The standard InChI is InChI=1S/C28H27N3O4/c1-5-34-25-16-20(13-14-24(25)35-28(33)21-10-8-9-19(4)15-21)17-29-31-26(18(2)3)30-23-12-7-6-11-22(23)27(31)32/h6-18H,5H2,1-4H3. The van der Waals surface area contributed by atoms with Crippen molar-refractivity contribution in [1.82, 2.24) is 9.66 Å². The second kappa shape index (κ2) is 10.3. The summed E-state index contributed by atoms with van der Waals surface area (Å²) in [5.74, 6) is 0.811. The van der Waals surface area contributed by atoms with Gasteiger partial charge in [0, 0.05) is 5.92 Å². The molecule has 0 atom stereocenters. The van der Waals surface area contributed by atoms with Crippen LogP contribution < -0.4 is 15.0 Å². The lowest BCUT2D eigenvalue weighted by molar-refractivity contribution is 0.0728. The smallest absolute Gasteiger partial charge is 0.343 e. The Morgan fingerprint density at radius 3 is 2.60 bits per heavy atom. The van der Waals surface area contributed by atoms with E-state index >= 15 is 0 Å². The van der Waals surface area contributed by atoms with Gasteiger partial charge < -0.3 is 9.47 Å². The normalized spacial score (nSPS) is 11.3. The SMILES string of the molecule is CCOc1cc(C=Nn2c(C(C)C)nc3ccccc3c2=O)ccc1OC(=O)c1cccc(C)c1. The van der Waals surface area contributed by atoms with Gasteiger partial charge in [0.15, 0.2) is 11.5 Å². The quantitative estimate of drug-likeness (QED) is 0.208. The molecular formula is C28H27N3O4. The second-order valence-electron chi connectivity index (χ2n) is 8.40. The fraction of sp³-hybridized carbons (Fsp3) is 0.214. The number of carbonyl (C=O) groups excluding carboxylic acids is 1. The molecule has 0 saturated carbocycles. The molecule has 0 N–H and O–H groups in total. The summed E-state index contributed by atoms with van der Waals surface area (Å²) in [6.45, 7) is 8.08. The Labute approximate surface area is 203 Å². The fourth-order valence-electron chi connectivity index (χ4n) is 3.64. The van der Waals surface area contributed by atoms with E-state index in [1.807, 2.05) is 52.0 Å². The summed E-state index contributed by atoms with van der Waals surface area (Å²) in [6.07, 6.45) is 1.57.